The van der Waals surface area contributed by atoms with E-state index in [-0.39, 0.29) is 19.1 Å². The Kier molecular flexibility index (Phi) is 13.2. The van der Waals surface area contributed by atoms with Crippen molar-refractivity contribution in [3.05, 3.63) is 83.9 Å². The number of alkyl carbamates (subject to hydrolysis) is 1. The van der Waals surface area contributed by atoms with E-state index in [1.807, 2.05) is 60.7 Å². The molecule has 41 heavy (non-hydrogen) atoms. The Labute approximate surface area is 239 Å². The summed E-state index contributed by atoms with van der Waals surface area (Å²) in [6.07, 6.45) is 3.78. The predicted molar refractivity (Wildman–Crippen MR) is 152 cm³/mol. The zero-order valence-corrected chi connectivity index (χ0v) is 23.0. The minimum atomic E-state index is -1.13. The molecule has 3 rings (SSSR count). The molecule has 1 fully saturated rings. The molecule has 2 aromatic rings. The second kappa shape index (κ2) is 17.3. The highest BCUT2D eigenvalue weighted by atomic mass is 16.5. The number of benzene rings is 2. The predicted octanol–water partition coefficient (Wildman–Crippen LogP) is 2.86. The van der Waals surface area contributed by atoms with E-state index in [4.69, 9.17) is 14.6 Å². The van der Waals surface area contributed by atoms with Gasteiger partial charge in [0.2, 0.25) is 5.91 Å². The number of urea groups is 1. The van der Waals surface area contributed by atoms with Crippen LogP contribution in [0.3, 0.4) is 0 Å². The summed E-state index contributed by atoms with van der Waals surface area (Å²) in [5.41, 5.74) is 1.76. The van der Waals surface area contributed by atoms with E-state index in [0.29, 0.717) is 52.1 Å². The molecule has 4 amide bonds. The van der Waals surface area contributed by atoms with Gasteiger partial charge in [0, 0.05) is 38.2 Å². The topological polar surface area (TPSA) is 146 Å². The maximum absolute atomic E-state index is 13.4. The van der Waals surface area contributed by atoms with E-state index in [9.17, 15) is 19.2 Å². The fraction of sp³-hybridized carbons (Fsp3) is 0.400. The number of amides is 4. The van der Waals surface area contributed by atoms with Crippen LogP contribution in [0.5, 0.6) is 0 Å². The first-order valence-corrected chi connectivity index (χ1v) is 13.7. The fourth-order valence-electron chi connectivity index (χ4n) is 4.22. The van der Waals surface area contributed by atoms with Gasteiger partial charge < -0.3 is 35.4 Å². The van der Waals surface area contributed by atoms with Crippen LogP contribution < -0.4 is 16.0 Å². The molecule has 0 aliphatic carbocycles. The normalized spacial score (nSPS) is 14.6. The summed E-state index contributed by atoms with van der Waals surface area (Å²) in [7, 11) is 0. The molecule has 0 bridgehead atoms. The number of carboxylic acids is 1. The Morgan fingerprint density at radius 3 is 2.24 bits per heavy atom. The van der Waals surface area contributed by atoms with Gasteiger partial charge in [-0.3, -0.25) is 4.79 Å². The highest BCUT2D eigenvalue weighted by molar-refractivity contribution is 5.88. The summed E-state index contributed by atoms with van der Waals surface area (Å²) in [6, 6.07) is 16.9. The SMILES string of the molecule is O=C(O)/C=C/C(CCCCNC(=O)OCc1ccccc1)NC(=O)C(Cc1ccccc1)NC(=O)N1CCOCC1. The van der Waals surface area contributed by atoms with Crippen molar-refractivity contribution in [2.45, 2.75) is 44.4 Å². The van der Waals surface area contributed by atoms with E-state index < -0.39 is 30.1 Å². The molecule has 0 radical (unpaired) electrons. The Morgan fingerprint density at radius 2 is 1.59 bits per heavy atom. The first-order valence-electron chi connectivity index (χ1n) is 13.7. The maximum Gasteiger partial charge on any atom is 0.407 e. The van der Waals surface area contributed by atoms with Crippen molar-refractivity contribution in [3.63, 3.8) is 0 Å². The van der Waals surface area contributed by atoms with Gasteiger partial charge in [-0.1, -0.05) is 66.7 Å². The van der Waals surface area contributed by atoms with E-state index in [1.54, 1.807) is 4.90 Å². The van der Waals surface area contributed by atoms with Crippen LogP contribution in [0.4, 0.5) is 9.59 Å². The number of nitrogens with zero attached hydrogens (tertiary/aromatic N) is 1. The van der Waals surface area contributed by atoms with E-state index in [2.05, 4.69) is 16.0 Å². The second-order valence-electron chi connectivity index (χ2n) is 9.59. The van der Waals surface area contributed by atoms with Gasteiger partial charge in [-0.05, 0) is 30.4 Å². The van der Waals surface area contributed by atoms with Crippen molar-refractivity contribution < 1.29 is 33.8 Å². The van der Waals surface area contributed by atoms with Crippen LogP contribution in [0.25, 0.3) is 0 Å². The molecule has 0 spiro atoms. The maximum atomic E-state index is 13.4. The fourth-order valence-corrected chi connectivity index (χ4v) is 4.22. The van der Waals surface area contributed by atoms with Crippen molar-refractivity contribution in [2.24, 2.45) is 0 Å². The molecule has 0 aromatic heterocycles. The monoisotopic (exact) mass is 566 g/mol. The quantitative estimate of drug-likeness (QED) is 0.203. The lowest BCUT2D eigenvalue weighted by atomic mass is 10.0. The summed E-state index contributed by atoms with van der Waals surface area (Å²) in [6.45, 7) is 2.28. The molecular weight excluding hydrogens is 528 g/mol. The zero-order valence-electron chi connectivity index (χ0n) is 23.0. The zero-order chi connectivity index (χ0) is 29.3. The highest BCUT2D eigenvalue weighted by Crippen LogP contribution is 2.08. The van der Waals surface area contributed by atoms with Gasteiger partial charge in [-0.2, -0.15) is 0 Å². The van der Waals surface area contributed by atoms with E-state index in [0.717, 1.165) is 17.2 Å². The number of carbonyl (C=O) groups excluding carboxylic acids is 3. The summed E-state index contributed by atoms with van der Waals surface area (Å²) in [4.78, 5) is 51.0. The summed E-state index contributed by atoms with van der Waals surface area (Å²) >= 11 is 0. The molecular formula is C30H38N4O7. The molecule has 220 valence electrons. The van der Waals surface area contributed by atoms with Crippen molar-refractivity contribution in [2.75, 3.05) is 32.8 Å². The minimum absolute atomic E-state index is 0.174. The molecule has 2 aromatic carbocycles. The molecule has 1 aliphatic heterocycles. The highest BCUT2D eigenvalue weighted by Gasteiger charge is 2.26. The van der Waals surface area contributed by atoms with Gasteiger partial charge in [0.1, 0.15) is 12.6 Å². The third kappa shape index (κ3) is 12.1. The van der Waals surface area contributed by atoms with Crippen LogP contribution in [-0.2, 0) is 32.1 Å². The van der Waals surface area contributed by atoms with Gasteiger partial charge in [-0.25, -0.2) is 14.4 Å². The smallest absolute Gasteiger partial charge is 0.407 e. The lowest BCUT2D eigenvalue weighted by Gasteiger charge is -2.29. The lowest BCUT2D eigenvalue weighted by Crippen LogP contribution is -2.55. The van der Waals surface area contributed by atoms with Gasteiger partial charge >= 0.3 is 18.1 Å². The number of morpholine rings is 1. The molecule has 2 unspecified atom stereocenters. The average Bonchev–Trinajstić information content (AvgIpc) is 2.99. The van der Waals surface area contributed by atoms with Gasteiger partial charge in [0.15, 0.2) is 0 Å². The second-order valence-corrected chi connectivity index (χ2v) is 9.59. The Balaban J connectivity index is 1.52. The Hall–Kier alpha value is -4.38. The standard InChI is InChI=1S/C30H38N4O7/c35-27(36)15-14-25(13-7-8-16-31-30(39)41-22-24-11-5-2-6-12-24)32-28(37)26(21-23-9-3-1-4-10-23)33-29(38)34-17-19-40-20-18-34/h1-6,9-12,14-15,25-26H,7-8,13,16-22H2,(H,31,39)(H,32,37)(H,33,38)(H,35,36)/b15-14+. The number of carbonyl (C=O) groups is 4. The number of carboxylic acid groups (broad SMARTS) is 1. The molecule has 1 heterocycles. The summed E-state index contributed by atoms with van der Waals surface area (Å²) < 4.78 is 10.5. The number of hydrogen-bond donors (Lipinski definition) is 4. The van der Waals surface area contributed by atoms with Gasteiger partial charge in [-0.15, -0.1) is 0 Å². The van der Waals surface area contributed by atoms with Crippen molar-refractivity contribution >= 4 is 24.0 Å². The van der Waals surface area contributed by atoms with Crippen molar-refractivity contribution in [1.82, 2.24) is 20.9 Å². The molecule has 1 aliphatic rings. The Bertz CT molecular complexity index is 1140. The number of nitrogens with one attached hydrogen (secondary N) is 3. The number of unbranched alkanes of at least 4 members (excludes halogenated alkanes) is 1. The van der Waals surface area contributed by atoms with E-state index >= 15 is 0 Å². The lowest BCUT2D eigenvalue weighted by molar-refractivity contribution is -0.131. The summed E-state index contributed by atoms with van der Waals surface area (Å²) in [5, 5.41) is 17.5. The van der Waals surface area contributed by atoms with Crippen LogP contribution in [0.1, 0.15) is 30.4 Å². The number of aliphatic carboxylic acids is 1. The average molecular weight is 567 g/mol. The van der Waals surface area contributed by atoms with Crippen LogP contribution in [0.15, 0.2) is 72.8 Å². The number of hydrogen-bond acceptors (Lipinski definition) is 6. The minimum Gasteiger partial charge on any atom is -0.478 e. The van der Waals surface area contributed by atoms with Crippen molar-refractivity contribution in [3.8, 4) is 0 Å². The molecule has 1 saturated heterocycles. The van der Waals surface area contributed by atoms with Crippen molar-refractivity contribution in [1.29, 1.82) is 0 Å². The van der Waals surface area contributed by atoms with Gasteiger partial charge in [0.25, 0.3) is 0 Å². The number of rotatable bonds is 14. The molecule has 0 saturated carbocycles. The van der Waals surface area contributed by atoms with Gasteiger partial charge in [0.05, 0.1) is 13.2 Å². The molecule has 4 N–H and O–H groups in total. The third-order valence-corrected chi connectivity index (χ3v) is 6.42. The third-order valence-electron chi connectivity index (χ3n) is 6.42. The van der Waals surface area contributed by atoms with Crippen LogP contribution in [0, 0.1) is 0 Å². The van der Waals surface area contributed by atoms with E-state index in [1.165, 1.54) is 6.08 Å². The summed E-state index contributed by atoms with van der Waals surface area (Å²) in [5.74, 6) is -1.55. The number of ether oxygens (including phenoxy) is 2. The largest absolute Gasteiger partial charge is 0.478 e. The molecule has 2 atom stereocenters. The molecule has 11 heteroatoms. The Morgan fingerprint density at radius 1 is 0.927 bits per heavy atom. The van der Waals surface area contributed by atoms with Crippen LogP contribution in [-0.4, -0.2) is 78.9 Å². The first kappa shape index (κ1) is 31.2. The first-order chi connectivity index (χ1) is 19.9. The van der Waals surface area contributed by atoms with Crippen LogP contribution >= 0.6 is 0 Å². The van der Waals surface area contributed by atoms with Crippen LogP contribution in [0.2, 0.25) is 0 Å². The molecule has 11 nitrogen and oxygen atoms in total.